The van der Waals surface area contributed by atoms with E-state index in [4.69, 9.17) is 4.74 Å². The highest BCUT2D eigenvalue weighted by molar-refractivity contribution is 5.97. The Morgan fingerprint density at radius 3 is 2.67 bits per heavy atom. The molecule has 3 N–H and O–H groups in total. The van der Waals surface area contributed by atoms with E-state index in [0.29, 0.717) is 11.3 Å². The van der Waals surface area contributed by atoms with Crippen LogP contribution in [0.4, 0.5) is 14.9 Å². The maximum absolute atomic E-state index is 13.9. The molecule has 1 atom stereocenters. The van der Waals surface area contributed by atoms with Crippen LogP contribution in [0.2, 0.25) is 0 Å². The Balaban J connectivity index is 1.81. The van der Waals surface area contributed by atoms with E-state index in [1.165, 1.54) is 12.1 Å². The molecule has 3 aromatic rings. The molecule has 6 nitrogen and oxygen atoms in total. The third kappa shape index (κ3) is 5.17. The molecule has 2 amide bonds. The number of para-hydroxylation sites is 1. The average Bonchev–Trinajstić information content (AvgIpc) is 3.12. The van der Waals surface area contributed by atoms with Crippen molar-refractivity contribution < 1.29 is 18.7 Å². The molecule has 0 fully saturated rings. The van der Waals surface area contributed by atoms with Gasteiger partial charge in [0.05, 0.1) is 6.61 Å². The first kappa shape index (κ1) is 21.4. The third-order valence-electron chi connectivity index (χ3n) is 4.78. The Morgan fingerprint density at radius 1 is 1.13 bits per heavy atom. The maximum atomic E-state index is 13.9. The molecule has 30 heavy (non-hydrogen) atoms. The topological polar surface area (TPSA) is 83.2 Å². The molecule has 0 aliphatic carbocycles. The van der Waals surface area contributed by atoms with Crippen molar-refractivity contribution in [1.29, 1.82) is 0 Å². The lowest BCUT2D eigenvalue weighted by Gasteiger charge is -2.19. The van der Waals surface area contributed by atoms with Crippen LogP contribution in [0, 0.1) is 18.7 Å². The van der Waals surface area contributed by atoms with Crippen molar-refractivity contribution in [3.05, 3.63) is 65.6 Å². The van der Waals surface area contributed by atoms with Gasteiger partial charge < -0.3 is 20.4 Å². The van der Waals surface area contributed by atoms with E-state index in [0.717, 1.165) is 16.5 Å². The highest BCUT2D eigenvalue weighted by Crippen LogP contribution is 2.21. The Morgan fingerprint density at radius 2 is 1.90 bits per heavy atom. The summed E-state index contributed by atoms with van der Waals surface area (Å²) in [4.78, 5) is 28.4. The zero-order valence-corrected chi connectivity index (χ0v) is 17.3. The summed E-state index contributed by atoms with van der Waals surface area (Å²) in [6.45, 7) is 5.69. The summed E-state index contributed by atoms with van der Waals surface area (Å²) in [7, 11) is 0. The molecule has 1 heterocycles. The van der Waals surface area contributed by atoms with Crippen LogP contribution in [-0.4, -0.2) is 29.6 Å². The molecule has 0 radical (unpaired) electrons. The van der Waals surface area contributed by atoms with Crippen molar-refractivity contribution in [3.63, 3.8) is 0 Å². The number of alkyl carbamates (subject to hydrolysis) is 1. The predicted molar refractivity (Wildman–Crippen MR) is 115 cm³/mol. The SMILES string of the molecule is Cc1c(F)cccc1NC(=O)C(Cc1c[nH]c2ccccc12)NC(=O)OCC(C)C. The fraction of sp³-hybridized carbons (Fsp3) is 0.304. The largest absolute Gasteiger partial charge is 0.449 e. The monoisotopic (exact) mass is 411 g/mol. The van der Waals surface area contributed by atoms with Crippen LogP contribution in [0.1, 0.15) is 25.0 Å². The molecule has 3 rings (SSSR count). The van der Waals surface area contributed by atoms with Gasteiger partial charge in [0.2, 0.25) is 5.91 Å². The lowest BCUT2D eigenvalue weighted by Crippen LogP contribution is -2.45. The first-order chi connectivity index (χ1) is 14.3. The van der Waals surface area contributed by atoms with Gasteiger partial charge in [-0.1, -0.05) is 38.1 Å². The number of anilines is 1. The number of carbonyl (C=O) groups is 2. The fourth-order valence-corrected chi connectivity index (χ4v) is 3.12. The number of rotatable bonds is 7. The van der Waals surface area contributed by atoms with Gasteiger partial charge in [-0.25, -0.2) is 9.18 Å². The number of hydrogen-bond donors (Lipinski definition) is 3. The van der Waals surface area contributed by atoms with Crippen molar-refractivity contribution in [2.75, 3.05) is 11.9 Å². The number of nitrogens with one attached hydrogen (secondary N) is 3. The molecule has 7 heteroatoms. The fourth-order valence-electron chi connectivity index (χ4n) is 3.12. The van der Waals surface area contributed by atoms with Gasteiger partial charge in [0, 0.05) is 34.8 Å². The minimum absolute atomic E-state index is 0.173. The minimum atomic E-state index is -0.897. The Hall–Kier alpha value is -3.35. The summed E-state index contributed by atoms with van der Waals surface area (Å²) < 4.78 is 19.0. The number of carbonyl (C=O) groups excluding carboxylic acids is 2. The quantitative estimate of drug-likeness (QED) is 0.533. The molecule has 158 valence electrons. The Bertz CT molecular complexity index is 1050. The van der Waals surface area contributed by atoms with Crippen LogP contribution in [0.5, 0.6) is 0 Å². The average molecular weight is 411 g/mol. The number of halogens is 1. The van der Waals surface area contributed by atoms with E-state index in [2.05, 4.69) is 15.6 Å². The first-order valence-electron chi connectivity index (χ1n) is 9.89. The van der Waals surface area contributed by atoms with Crippen LogP contribution in [0.3, 0.4) is 0 Å². The van der Waals surface area contributed by atoms with Crippen LogP contribution < -0.4 is 10.6 Å². The van der Waals surface area contributed by atoms with Crippen molar-refractivity contribution in [2.24, 2.45) is 5.92 Å². The predicted octanol–water partition coefficient (Wildman–Crippen LogP) is 4.55. The number of aromatic amines is 1. The maximum Gasteiger partial charge on any atom is 0.407 e. The van der Waals surface area contributed by atoms with E-state index in [1.807, 2.05) is 44.3 Å². The van der Waals surface area contributed by atoms with Gasteiger partial charge in [-0.2, -0.15) is 0 Å². The standard InChI is InChI=1S/C23H26FN3O3/c1-14(2)13-30-23(29)27-21(11-16-12-25-20-9-5-4-7-17(16)20)22(28)26-19-10-6-8-18(24)15(19)3/h4-10,12,14,21,25H,11,13H2,1-3H3,(H,26,28)(H,27,29). The summed E-state index contributed by atoms with van der Waals surface area (Å²) in [5.41, 5.74) is 2.52. The highest BCUT2D eigenvalue weighted by Gasteiger charge is 2.24. The summed E-state index contributed by atoms with van der Waals surface area (Å²) >= 11 is 0. The second kappa shape index (κ2) is 9.43. The number of aromatic nitrogens is 1. The summed E-state index contributed by atoms with van der Waals surface area (Å²) in [6, 6.07) is 11.3. The van der Waals surface area contributed by atoms with Crippen LogP contribution >= 0.6 is 0 Å². The molecular weight excluding hydrogens is 385 g/mol. The van der Waals surface area contributed by atoms with Crippen molar-refractivity contribution in [2.45, 2.75) is 33.2 Å². The molecule has 0 aliphatic heterocycles. The highest BCUT2D eigenvalue weighted by atomic mass is 19.1. The molecule has 1 unspecified atom stereocenters. The molecule has 0 spiro atoms. The van der Waals surface area contributed by atoms with E-state index in [-0.39, 0.29) is 18.9 Å². The van der Waals surface area contributed by atoms with Crippen molar-refractivity contribution >= 4 is 28.6 Å². The molecule has 0 bridgehead atoms. The smallest absolute Gasteiger partial charge is 0.407 e. The van der Waals surface area contributed by atoms with E-state index >= 15 is 0 Å². The van der Waals surface area contributed by atoms with Crippen molar-refractivity contribution in [1.82, 2.24) is 10.3 Å². The van der Waals surface area contributed by atoms with Gasteiger partial charge in [-0.05, 0) is 36.6 Å². The summed E-state index contributed by atoms with van der Waals surface area (Å²) in [5, 5.41) is 6.34. The minimum Gasteiger partial charge on any atom is -0.449 e. The molecule has 0 saturated heterocycles. The Kier molecular flexibility index (Phi) is 6.72. The van der Waals surface area contributed by atoms with E-state index in [9.17, 15) is 14.0 Å². The van der Waals surface area contributed by atoms with Gasteiger partial charge in [-0.15, -0.1) is 0 Å². The first-order valence-corrected chi connectivity index (χ1v) is 9.89. The number of hydrogen-bond acceptors (Lipinski definition) is 3. The summed E-state index contributed by atoms with van der Waals surface area (Å²) in [6.07, 6.45) is 1.40. The summed E-state index contributed by atoms with van der Waals surface area (Å²) in [5.74, 6) is -0.688. The van der Waals surface area contributed by atoms with Gasteiger partial charge in [0.15, 0.2) is 0 Å². The normalized spacial score (nSPS) is 12.0. The molecule has 0 aliphatic rings. The second-order valence-corrected chi connectivity index (χ2v) is 7.65. The van der Waals surface area contributed by atoms with Gasteiger partial charge in [0.25, 0.3) is 0 Å². The molecule has 0 saturated carbocycles. The van der Waals surface area contributed by atoms with Gasteiger partial charge >= 0.3 is 6.09 Å². The number of ether oxygens (including phenoxy) is 1. The van der Waals surface area contributed by atoms with Crippen LogP contribution in [-0.2, 0) is 16.0 Å². The number of H-pyrrole nitrogens is 1. The van der Waals surface area contributed by atoms with Gasteiger partial charge in [0.1, 0.15) is 11.9 Å². The van der Waals surface area contributed by atoms with Crippen LogP contribution in [0.15, 0.2) is 48.7 Å². The lowest BCUT2D eigenvalue weighted by molar-refractivity contribution is -0.118. The van der Waals surface area contributed by atoms with Crippen LogP contribution in [0.25, 0.3) is 10.9 Å². The number of benzene rings is 2. The van der Waals surface area contributed by atoms with Gasteiger partial charge in [-0.3, -0.25) is 4.79 Å². The molecule has 1 aromatic heterocycles. The molecular formula is C23H26FN3O3. The number of fused-ring (bicyclic) bond motifs is 1. The third-order valence-corrected chi connectivity index (χ3v) is 4.78. The van der Waals surface area contributed by atoms with E-state index < -0.39 is 23.9 Å². The molecule has 2 aromatic carbocycles. The lowest BCUT2D eigenvalue weighted by atomic mass is 10.0. The Labute approximate surface area is 174 Å². The van der Waals surface area contributed by atoms with E-state index in [1.54, 1.807) is 13.0 Å². The second-order valence-electron chi connectivity index (χ2n) is 7.65. The van der Waals surface area contributed by atoms with Crippen molar-refractivity contribution in [3.8, 4) is 0 Å². The number of amides is 2. The zero-order chi connectivity index (χ0) is 21.7. The zero-order valence-electron chi connectivity index (χ0n) is 17.3.